The van der Waals surface area contributed by atoms with E-state index < -0.39 is 17.9 Å². The standard InChI is InChI=1S/C20H28FN7O2.2C2H6/c1-20(2,3)17(22)19(30)28-9-5-6-15(28)18(29)23-10-12-7-8-14(26-25-12)16-13(21)11-24-27(16)4;2*1-2/h7-8,11,15,17H,5-6,9-10,22H2,1-4H3,(H,23,29);2*1-2H3. The lowest BCUT2D eigenvalue weighted by molar-refractivity contribution is -0.141. The summed E-state index contributed by atoms with van der Waals surface area (Å²) in [5.41, 5.74) is 6.84. The molecule has 1 saturated heterocycles. The van der Waals surface area contributed by atoms with Crippen molar-refractivity contribution in [3.63, 3.8) is 0 Å². The van der Waals surface area contributed by atoms with E-state index >= 15 is 0 Å². The molecule has 2 unspecified atom stereocenters. The van der Waals surface area contributed by atoms with Crippen LogP contribution in [0.15, 0.2) is 18.3 Å². The van der Waals surface area contributed by atoms with Gasteiger partial charge in [0, 0.05) is 13.6 Å². The van der Waals surface area contributed by atoms with Gasteiger partial charge in [0.2, 0.25) is 11.8 Å². The van der Waals surface area contributed by atoms with Gasteiger partial charge in [-0.05, 0) is 30.4 Å². The molecule has 9 nitrogen and oxygen atoms in total. The van der Waals surface area contributed by atoms with Gasteiger partial charge in [0.05, 0.1) is 24.5 Å². The molecule has 3 heterocycles. The first-order chi connectivity index (χ1) is 16.1. The fraction of sp³-hybridized carbons (Fsp3) is 0.625. The van der Waals surface area contributed by atoms with E-state index in [1.54, 1.807) is 24.1 Å². The third-order valence-corrected chi connectivity index (χ3v) is 5.34. The van der Waals surface area contributed by atoms with Gasteiger partial charge in [-0.15, -0.1) is 5.10 Å². The first-order valence-corrected chi connectivity index (χ1v) is 11.9. The normalized spacial score (nSPS) is 16.1. The SMILES string of the molecule is CC.CC.Cn1ncc(F)c1-c1ccc(CNC(=O)C2CCCN2C(=O)C(N)C(C)(C)C)nn1. The number of hydrogen-bond donors (Lipinski definition) is 2. The lowest BCUT2D eigenvalue weighted by atomic mass is 9.86. The van der Waals surface area contributed by atoms with Gasteiger partial charge in [0.15, 0.2) is 5.82 Å². The molecule has 3 rings (SSSR count). The van der Waals surface area contributed by atoms with Crippen LogP contribution in [0.1, 0.15) is 67.0 Å². The number of nitrogens with two attached hydrogens (primary N) is 1. The molecule has 0 radical (unpaired) electrons. The second-order valence-corrected chi connectivity index (χ2v) is 8.63. The number of carbonyl (C=O) groups excluding carboxylic acids is 2. The maximum Gasteiger partial charge on any atom is 0.243 e. The smallest absolute Gasteiger partial charge is 0.243 e. The fourth-order valence-electron chi connectivity index (χ4n) is 3.43. The van der Waals surface area contributed by atoms with Crippen LogP contribution in [0, 0.1) is 11.2 Å². The minimum atomic E-state index is -0.670. The van der Waals surface area contributed by atoms with Crippen molar-refractivity contribution in [1.29, 1.82) is 0 Å². The van der Waals surface area contributed by atoms with Crippen molar-refractivity contribution in [3.8, 4) is 11.4 Å². The zero-order chi connectivity index (χ0) is 26.1. The van der Waals surface area contributed by atoms with E-state index in [-0.39, 0.29) is 29.5 Å². The number of nitrogens with zero attached hydrogens (tertiary/aromatic N) is 5. The van der Waals surface area contributed by atoms with Gasteiger partial charge in [0.25, 0.3) is 0 Å². The van der Waals surface area contributed by atoms with Crippen molar-refractivity contribution in [2.24, 2.45) is 18.2 Å². The van der Waals surface area contributed by atoms with Crippen molar-refractivity contribution < 1.29 is 14.0 Å². The molecule has 0 aromatic carbocycles. The second-order valence-electron chi connectivity index (χ2n) is 8.63. The number of nitrogens with one attached hydrogen (secondary N) is 1. The van der Waals surface area contributed by atoms with Crippen molar-refractivity contribution in [2.75, 3.05) is 6.54 Å². The number of hydrogen-bond acceptors (Lipinski definition) is 6. The highest BCUT2D eigenvalue weighted by Crippen LogP contribution is 2.24. The number of carbonyl (C=O) groups is 2. The molecule has 0 aliphatic carbocycles. The molecule has 10 heteroatoms. The molecule has 1 aliphatic heterocycles. The van der Waals surface area contributed by atoms with Gasteiger partial charge >= 0.3 is 0 Å². The third kappa shape index (κ3) is 7.06. The molecule has 0 spiro atoms. The van der Waals surface area contributed by atoms with E-state index in [0.29, 0.717) is 24.4 Å². The van der Waals surface area contributed by atoms with Crippen LogP contribution >= 0.6 is 0 Å². The Morgan fingerprint density at radius 3 is 2.35 bits per heavy atom. The summed E-state index contributed by atoms with van der Waals surface area (Å²) in [6.07, 6.45) is 2.47. The lowest BCUT2D eigenvalue weighted by Gasteiger charge is -2.32. The average Bonchev–Trinajstić information content (AvgIpc) is 3.45. The van der Waals surface area contributed by atoms with Crippen molar-refractivity contribution in [3.05, 3.63) is 29.8 Å². The molecule has 2 aromatic rings. The van der Waals surface area contributed by atoms with Crippen LogP contribution in [0.4, 0.5) is 4.39 Å². The highest BCUT2D eigenvalue weighted by molar-refractivity contribution is 5.90. The highest BCUT2D eigenvalue weighted by Gasteiger charge is 2.39. The fourth-order valence-corrected chi connectivity index (χ4v) is 3.43. The summed E-state index contributed by atoms with van der Waals surface area (Å²) >= 11 is 0. The third-order valence-electron chi connectivity index (χ3n) is 5.34. The summed E-state index contributed by atoms with van der Waals surface area (Å²) in [5.74, 6) is -0.930. The van der Waals surface area contributed by atoms with Crippen LogP contribution in [0.2, 0.25) is 0 Å². The summed E-state index contributed by atoms with van der Waals surface area (Å²) in [5, 5.41) is 14.7. The van der Waals surface area contributed by atoms with Gasteiger partial charge in [-0.3, -0.25) is 14.3 Å². The van der Waals surface area contributed by atoms with E-state index in [9.17, 15) is 14.0 Å². The Bertz CT molecular complexity index is 903. The molecule has 34 heavy (non-hydrogen) atoms. The van der Waals surface area contributed by atoms with E-state index in [2.05, 4.69) is 20.6 Å². The second kappa shape index (κ2) is 13.1. The lowest BCUT2D eigenvalue weighted by Crippen LogP contribution is -2.54. The van der Waals surface area contributed by atoms with E-state index in [4.69, 9.17) is 5.73 Å². The molecule has 0 saturated carbocycles. The first kappa shape index (κ1) is 29.2. The van der Waals surface area contributed by atoms with Gasteiger partial charge in [-0.1, -0.05) is 48.5 Å². The van der Waals surface area contributed by atoms with E-state index in [0.717, 1.165) is 12.6 Å². The molecular formula is C24H40FN7O2. The minimum Gasteiger partial charge on any atom is -0.349 e. The van der Waals surface area contributed by atoms with Crippen LogP contribution in [-0.2, 0) is 23.2 Å². The molecular weight excluding hydrogens is 437 g/mol. The molecule has 1 aliphatic rings. The Morgan fingerprint density at radius 1 is 1.21 bits per heavy atom. The number of amides is 2. The number of halogens is 1. The molecule has 190 valence electrons. The first-order valence-electron chi connectivity index (χ1n) is 11.9. The summed E-state index contributed by atoms with van der Waals surface area (Å²) in [6, 6.07) is 2.09. The van der Waals surface area contributed by atoms with Crippen LogP contribution in [0.3, 0.4) is 0 Å². The Balaban J connectivity index is 0.00000137. The molecule has 2 atom stereocenters. The number of aryl methyl sites for hydroxylation is 1. The van der Waals surface area contributed by atoms with Gasteiger partial charge < -0.3 is 16.0 Å². The zero-order valence-electron chi connectivity index (χ0n) is 21.7. The summed E-state index contributed by atoms with van der Waals surface area (Å²) in [4.78, 5) is 27.0. The molecule has 2 amide bonds. The monoisotopic (exact) mass is 477 g/mol. The van der Waals surface area contributed by atoms with Gasteiger partial charge in [-0.2, -0.15) is 10.2 Å². The van der Waals surface area contributed by atoms with Crippen molar-refractivity contribution in [2.45, 2.75) is 79.9 Å². The zero-order valence-corrected chi connectivity index (χ0v) is 21.7. The summed E-state index contributed by atoms with van der Waals surface area (Å²) in [6.45, 7) is 14.4. The quantitative estimate of drug-likeness (QED) is 0.683. The average molecular weight is 478 g/mol. The number of aromatic nitrogens is 4. The molecule has 3 N–H and O–H groups in total. The van der Waals surface area contributed by atoms with Crippen LogP contribution in [0.5, 0.6) is 0 Å². The van der Waals surface area contributed by atoms with Gasteiger partial charge in [0.1, 0.15) is 17.4 Å². The number of rotatable bonds is 5. The Labute approximate surface area is 202 Å². The largest absolute Gasteiger partial charge is 0.349 e. The Morgan fingerprint density at radius 2 is 1.85 bits per heavy atom. The van der Waals surface area contributed by atoms with Gasteiger partial charge in [-0.25, -0.2) is 4.39 Å². The molecule has 0 bridgehead atoms. The predicted octanol–water partition coefficient (Wildman–Crippen LogP) is 3.05. The Hall–Kier alpha value is -2.88. The molecule has 2 aromatic heterocycles. The van der Waals surface area contributed by atoms with Crippen LogP contribution < -0.4 is 11.1 Å². The highest BCUT2D eigenvalue weighted by atomic mass is 19.1. The molecule has 1 fully saturated rings. The van der Waals surface area contributed by atoms with Crippen molar-refractivity contribution in [1.82, 2.24) is 30.2 Å². The predicted molar refractivity (Wildman–Crippen MR) is 131 cm³/mol. The van der Waals surface area contributed by atoms with Crippen LogP contribution in [-0.4, -0.2) is 55.3 Å². The van der Waals surface area contributed by atoms with Crippen LogP contribution in [0.25, 0.3) is 11.4 Å². The minimum absolute atomic E-state index is 0.157. The Kier molecular flexibility index (Phi) is 11.3. The summed E-state index contributed by atoms with van der Waals surface area (Å²) in [7, 11) is 1.62. The maximum atomic E-state index is 13.8. The number of likely N-dealkylation sites (tertiary alicyclic amines) is 1. The topological polar surface area (TPSA) is 119 Å². The summed E-state index contributed by atoms with van der Waals surface area (Å²) < 4.78 is 15.2. The van der Waals surface area contributed by atoms with Crippen molar-refractivity contribution >= 4 is 11.8 Å². The van der Waals surface area contributed by atoms with E-state index in [1.807, 2.05) is 48.5 Å². The maximum absolute atomic E-state index is 13.8. The van der Waals surface area contributed by atoms with E-state index in [1.165, 1.54) is 4.68 Å².